The molecule has 120 valence electrons. The fourth-order valence-electron chi connectivity index (χ4n) is 2.04. The zero-order valence-electron chi connectivity index (χ0n) is 12.6. The third-order valence-electron chi connectivity index (χ3n) is 3.17. The van der Waals surface area contributed by atoms with Gasteiger partial charge >= 0.3 is 0 Å². The molecule has 0 saturated carbocycles. The molecule has 0 fully saturated rings. The van der Waals surface area contributed by atoms with Crippen molar-refractivity contribution in [1.29, 1.82) is 0 Å². The minimum Gasteiger partial charge on any atom is -0.335 e. The molecular weight excluding hydrogens is 326 g/mol. The van der Waals surface area contributed by atoms with Gasteiger partial charge < -0.3 is 9.84 Å². The molecule has 0 aliphatic rings. The molecule has 0 atom stereocenters. The first-order chi connectivity index (χ1) is 11.7. The lowest BCUT2D eigenvalue weighted by molar-refractivity contribution is -0.115. The average Bonchev–Trinajstić information content (AvgIpc) is 3.03. The topological polar surface area (TPSA) is 68.0 Å². The summed E-state index contributed by atoms with van der Waals surface area (Å²) in [6.45, 7) is 0. The summed E-state index contributed by atoms with van der Waals surface area (Å²) < 4.78 is 5.11. The van der Waals surface area contributed by atoms with E-state index >= 15 is 0 Å². The number of hydrogen-bond acceptors (Lipinski definition) is 4. The Balaban J connectivity index is 1.61. The maximum Gasteiger partial charge on any atom is 0.250 e. The Morgan fingerprint density at radius 3 is 2.62 bits per heavy atom. The van der Waals surface area contributed by atoms with E-state index < -0.39 is 0 Å². The molecule has 0 aliphatic carbocycles. The summed E-state index contributed by atoms with van der Waals surface area (Å²) in [7, 11) is 0. The van der Waals surface area contributed by atoms with Crippen LogP contribution in [-0.2, 0) is 11.2 Å². The van der Waals surface area contributed by atoms with Gasteiger partial charge in [-0.3, -0.25) is 4.79 Å². The summed E-state index contributed by atoms with van der Waals surface area (Å²) >= 11 is 6.00. The molecule has 6 heteroatoms. The Bertz CT molecular complexity index is 859. The lowest BCUT2D eigenvalue weighted by Crippen LogP contribution is -2.15. The molecule has 24 heavy (non-hydrogen) atoms. The Labute approximate surface area is 144 Å². The summed E-state index contributed by atoms with van der Waals surface area (Å²) in [4.78, 5) is 16.2. The van der Waals surface area contributed by atoms with Crippen molar-refractivity contribution in [2.45, 2.75) is 6.42 Å². The van der Waals surface area contributed by atoms with Crippen LogP contribution in [0.2, 0.25) is 5.02 Å². The molecule has 0 radical (unpaired) electrons. The van der Waals surface area contributed by atoms with Crippen LogP contribution >= 0.6 is 11.6 Å². The Morgan fingerprint density at radius 2 is 1.83 bits per heavy atom. The highest BCUT2D eigenvalue weighted by atomic mass is 35.5. The van der Waals surface area contributed by atoms with Gasteiger partial charge in [0.2, 0.25) is 5.91 Å². The van der Waals surface area contributed by atoms with E-state index in [1.54, 1.807) is 30.3 Å². The summed E-state index contributed by atoms with van der Waals surface area (Å²) in [5.74, 6) is 0.397. The van der Waals surface area contributed by atoms with E-state index in [4.69, 9.17) is 16.1 Å². The number of benzene rings is 2. The number of aromatic nitrogens is 2. The largest absolute Gasteiger partial charge is 0.335 e. The second-order valence-electron chi connectivity index (χ2n) is 5.00. The van der Waals surface area contributed by atoms with Crippen LogP contribution in [0.3, 0.4) is 0 Å². The van der Waals surface area contributed by atoms with Gasteiger partial charge in [0.1, 0.15) is 0 Å². The zero-order valence-corrected chi connectivity index (χ0v) is 13.4. The second kappa shape index (κ2) is 7.57. The molecule has 0 aliphatic heterocycles. The van der Waals surface area contributed by atoms with Gasteiger partial charge in [0, 0.05) is 6.08 Å². The van der Waals surface area contributed by atoms with Crippen molar-refractivity contribution in [3.63, 3.8) is 0 Å². The molecule has 5 nitrogen and oxygen atoms in total. The van der Waals surface area contributed by atoms with Crippen LogP contribution in [0.25, 0.3) is 12.2 Å². The molecule has 1 aromatic heterocycles. The van der Waals surface area contributed by atoms with Crippen molar-refractivity contribution in [1.82, 2.24) is 10.1 Å². The third-order valence-corrected chi connectivity index (χ3v) is 3.50. The van der Waals surface area contributed by atoms with E-state index in [1.807, 2.05) is 36.4 Å². The van der Waals surface area contributed by atoms with Crippen LogP contribution in [-0.4, -0.2) is 16.0 Å². The quantitative estimate of drug-likeness (QED) is 0.760. The van der Waals surface area contributed by atoms with Crippen molar-refractivity contribution < 1.29 is 9.32 Å². The molecule has 1 amide bonds. The monoisotopic (exact) mass is 339 g/mol. The highest BCUT2D eigenvalue weighted by molar-refractivity contribution is 6.33. The molecule has 3 rings (SSSR count). The minimum atomic E-state index is -0.262. The minimum absolute atomic E-state index is 0.00784. The number of hydrogen-bond donors (Lipinski definition) is 1. The molecule has 1 N–H and O–H groups in total. The molecule has 3 aromatic rings. The van der Waals surface area contributed by atoms with Crippen molar-refractivity contribution in [3.05, 3.63) is 76.9 Å². The lowest BCUT2D eigenvalue weighted by atomic mass is 10.2. The summed E-state index contributed by atoms with van der Waals surface area (Å²) in [5, 5.41) is 6.99. The fourth-order valence-corrected chi connectivity index (χ4v) is 2.22. The summed E-state index contributed by atoms with van der Waals surface area (Å²) in [6, 6.07) is 16.8. The summed E-state index contributed by atoms with van der Waals surface area (Å²) in [5.41, 5.74) is 1.57. The van der Waals surface area contributed by atoms with Crippen LogP contribution < -0.4 is 5.32 Å². The predicted molar refractivity (Wildman–Crippen MR) is 93.5 cm³/mol. The number of carbonyl (C=O) groups excluding carboxylic acids is 1. The number of halogens is 1. The lowest BCUT2D eigenvalue weighted by Gasteiger charge is -2.04. The predicted octanol–water partition coefficient (Wildman–Crippen LogP) is 4.07. The van der Waals surface area contributed by atoms with E-state index in [0.717, 1.165) is 5.56 Å². The normalized spacial score (nSPS) is 10.9. The molecular formula is C18H14ClN3O2. The average molecular weight is 340 g/mol. The zero-order chi connectivity index (χ0) is 16.8. The molecule has 0 spiro atoms. The van der Waals surface area contributed by atoms with Gasteiger partial charge in [-0.25, -0.2) is 0 Å². The number of carbonyl (C=O) groups is 1. The fraction of sp³-hybridized carbons (Fsp3) is 0.0556. The van der Waals surface area contributed by atoms with Gasteiger partial charge in [0.05, 0.1) is 17.1 Å². The molecule has 0 bridgehead atoms. The van der Waals surface area contributed by atoms with Crippen molar-refractivity contribution in [2.75, 3.05) is 5.32 Å². The highest BCUT2D eigenvalue weighted by Crippen LogP contribution is 2.20. The smallest absolute Gasteiger partial charge is 0.250 e. The second-order valence-corrected chi connectivity index (χ2v) is 5.40. The van der Waals surface area contributed by atoms with Crippen LogP contribution in [0, 0.1) is 0 Å². The van der Waals surface area contributed by atoms with E-state index in [2.05, 4.69) is 15.5 Å². The highest BCUT2D eigenvalue weighted by Gasteiger charge is 2.11. The van der Waals surface area contributed by atoms with Crippen LogP contribution in [0.1, 0.15) is 17.3 Å². The first-order valence-corrected chi connectivity index (χ1v) is 7.68. The van der Waals surface area contributed by atoms with Crippen molar-refractivity contribution >= 4 is 35.3 Å². The summed E-state index contributed by atoms with van der Waals surface area (Å²) in [6.07, 6.45) is 3.58. The Hall–Kier alpha value is -2.92. The van der Waals surface area contributed by atoms with Gasteiger partial charge in [-0.1, -0.05) is 59.2 Å². The molecule has 2 aromatic carbocycles. The molecule has 0 saturated heterocycles. The Kier molecular flexibility index (Phi) is 5.03. The molecule has 1 heterocycles. The van der Waals surface area contributed by atoms with Gasteiger partial charge in [0.15, 0.2) is 5.82 Å². The maximum absolute atomic E-state index is 12.0. The van der Waals surface area contributed by atoms with Crippen LogP contribution in [0.4, 0.5) is 5.69 Å². The van der Waals surface area contributed by atoms with E-state index in [9.17, 15) is 4.79 Å². The van der Waals surface area contributed by atoms with E-state index in [-0.39, 0.29) is 12.3 Å². The number of nitrogens with one attached hydrogen (secondary N) is 1. The number of nitrogens with zero attached hydrogens (tertiary/aromatic N) is 2. The first-order valence-electron chi connectivity index (χ1n) is 7.31. The van der Waals surface area contributed by atoms with Gasteiger partial charge in [0.25, 0.3) is 5.89 Å². The van der Waals surface area contributed by atoms with Gasteiger partial charge in [-0.2, -0.15) is 4.98 Å². The number of amides is 1. The first kappa shape index (κ1) is 16.0. The number of para-hydroxylation sites is 1. The molecule has 0 unspecified atom stereocenters. The standard InChI is InChI=1S/C18H14ClN3O2/c19-14-8-4-5-9-15(14)20-17(23)12-16-21-18(24-22-16)11-10-13-6-2-1-3-7-13/h1-11H,12H2,(H,20,23)/b11-10+. The Morgan fingerprint density at radius 1 is 1.08 bits per heavy atom. The number of anilines is 1. The van der Waals surface area contributed by atoms with Gasteiger partial charge in [-0.05, 0) is 23.8 Å². The van der Waals surface area contributed by atoms with Crippen LogP contribution in [0.15, 0.2) is 59.1 Å². The van der Waals surface area contributed by atoms with E-state index in [0.29, 0.717) is 22.4 Å². The SMILES string of the molecule is O=C(Cc1noc(/C=C/c2ccccc2)n1)Nc1ccccc1Cl. The van der Waals surface area contributed by atoms with Gasteiger partial charge in [-0.15, -0.1) is 0 Å². The maximum atomic E-state index is 12.0. The third kappa shape index (κ3) is 4.30. The van der Waals surface area contributed by atoms with Crippen molar-refractivity contribution in [2.24, 2.45) is 0 Å². The van der Waals surface area contributed by atoms with Crippen molar-refractivity contribution in [3.8, 4) is 0 Å². The van der Waals surface area contributed by atoms with Crippen LogP contribution in [0.5, 0.6) is 0 Å². The van der Waals surface area contributed by atoms with E-state index in [1.165, 1.54) is 0 Å². The number of rotatable bonds is 5.